The number of hydrogen-bond acceptors (Lipinski definition) is 3. The summed E-state index contributed by atoms with van der Waals surface area (Å²) in [6.45, 7) is 4.42. The number of benzene rings is 1. The van der Waals surface area contributed by atoms with Gasteiger partial charge in [0.2, 0.25) is 0 Å². The third-order valence-electron chi connectivity index (χ3n) is 5.75. The van der Waals surface area contributed by atoms with Gasteiger partial charge in [-0.15, -0.1) is 0 Å². The summed E-state index contributed by atoms with van der Waals surface area (Å²) in [6.07, 6.45) is 0. The van der Waals surface area contributed by atoms with E-state index in [-0.39, 0.29) is 23.1 Å². The van der Waals surface area contributed by atoms with E-state index in [0.29, 0.717) is 18.4 Å². The maximum absolute atomic E-state index is 13.2. The predicted octanol–water partition coefficient (Wildman–Crippen LogP) is 1.73. The molecule has 0 aliphatic carbocycles. The number of nitrogens with zero attached hydrogens (tertiary/aromatic N) is 2. The largest absolute Gasteiger partial charge is 0.331 e. The SMILES string of the molecule is Cc1ccc(C(=O)N2C[C@@H]3CNC[C@@H]3[C@@H]2c2ccccc2)c(=O)n1C. The van der Waals surface area contributed by atoms with Gasteiger partial charge in [0, 0.05) is 38.3 Å². The van der Waals surface area contributed by atoms with Crippen molar-refractivity contribution in [1.29, 1.82) is 0 Å². The standard InChI is InChI=1S/C20H23N3O2/c1-13-8-9-16(19(24)22(13)2)20(25)23-12-15-10-21-11-17(15)18(23)14-6-4-3-5-7-14/h3-9,15,17-18,21H,10-12H2,1-2H3/t15-,17-,18-/m0/s1. The second-order valence-corrected chi connectivity index (χ2v) is 7.15. The average molecular weight is 337 g/mol. The summed E-state index contributed by atoms with van der Waals surface area (Å²) < 4.78 is 1.54. The van der Waals surface area contributed by atoms with E-state index in [1.165, 1.54) is 0 Å². The minimum Gasteiger partial charge on any atom is -0.331 e. The summed E-state index contributed by atoms with van der Waals surface area (Å²) in [7, 11) is 1.71. The summed E-state index contributed by atoms with van der Waals surface area (Å²) in [5.41, 5.74) is 2.05. The quantitative estimate of drug-likeness (QED) is 0.908. The van der Waals surface area contributed by atoms with Crippen LogP contribution >= 0.6 is 0 Å². The smallest absolute Gasteiger partial charge is 0.263 e. The molecule has 3 heterocycles. The van der Waals surface area contributed by atoms with Crippen LogP contribution in [0.1, 0.15) is 27.7 Å². The molecule has 1 aromatic heterocycles. The van der Waals surface area contributed by atoms with Crippen molar-refractivity contribution < 1.29 is 4.79 Å². The van der Waals surface area contributed by atoms with Crippen molar-refractivity contribution in [2.45, 2.75) is 13.0 Å². The molecule has 5 nitrogen and oxygen atoms in total. The molecule has 5 heteroatoms. The van der Waals surface area contributed by atoms with E-state index in [2.05, 4.69) is 17.4 Å². The van der Waals surface area contributed by atoms with Crippen LogP contribution in [0, 0.1) is 18.8 Å². The Labute approximate surface area is 147 Å². The van der Waals surface area contributed by atoms with E-state index >= 15 is 0 Å². The van der Waals surface area contributed by atoms with E-state index in [9.17, 15) is 9.59 Å². The molecule has 1 N–H and O–H groups in total. The Balaban J connectivity index is 1.74. The van der Waals surface area contributed by atoms with Gasteiger partial charge in [-0.2, -0.15) is 0 Å². The first-order valence-corrected chi connectivity index (χ1v) is 8.81. The van der Waals surface area contributed by atoms with Gasteiger partial charge >= 0.3 is 0 Å². The maximum Gasteiger partial charge on any atom is 0.263 e. The topological polar surface area (TPSA) is 54.3 Å². The molecule has 0 spiro atoms. The van der Waals surface area contributed by atoms with Crippen molar-refractivity contribution in [3.63, 3.8) is 0 Å². The summed E-state index contributed by atoms with van der Waals surface area (Å²) in [5.74, 6) is 0.702. The average Bonchev–Trinajstić information content (AvgIpc) is 3.21. The molecule has 0 unspecified atom stereocenters. The number of aromatic nitrogens is 1. The number of nitrogens with one attached hydrogen (secondary N) is 1. The third kappa shape index (κ3) is 2.59. The molecule has 25 heavy (non-hydrogen) atoms. The highest BCUT2D eigenvalue weighted by Crippen LogP contribution is 2.42. The fourth-order valence-electron chi connectivity index (χ4n) is 4.25. The Kier molecular flexibility index (Phi) is 3.96. The summed E-state index contributed by atoms with van der Waals surface area (Å²) >= 11 is 0. The van der Waals surface area contributed by atoms with Crippen LogP contribution in [-0.4, -0.2) is 35.0 Å². The van der Waals surface area contributed by atoms with Gasteiger partial charge in [0.05, 0.1) is 6.04 Å². The number of carbonyl (C=O) groups excluding carboxylic acids is 1. The number of fused-ring (bicyclic) bond motifs is 1. The molecule has 0 saturated carbocycles. The summed E-state index contributed by atoms with van der Waals surface area (Å²) in [6, 6.07) is 13.7. The lowest BCUT2D eigenvalue weighted by atomic mass is 9.89. The van der Waals surface area contributed by atoms with E-state index in [1.54, 1.807) is 17.7 Å². The number of pyridine rings is 1. The molecular weight excluding hydrogens is 314 g/mol. The molecule has 3 atom stereocenters. The Morgan fingerprint density at radius 1 is 1.12 bits per heavy atom. The van der Waals surface area contributed by atoms with Crippen LogP contribution in [0.2, 0.25) is 0 Å². The second kappa shape index (κ2) is 6.15. The van der Waals surface area contributed by atoms with Crippen molar-refractivity contribution in [2.24, 2.45) is 18.9 Å². The lowest BCUT2D eigenvalue weighted by Crippen LogP contribution is -2.38. The van der Waals surface area contributed by atoms with Crippen LogP contribution in [0.4, 0.5) is 0 Å². The van der Waals surface area contributed by atoms with Crippen LogP contribution in [0.5, 0.6) is 0 Å². The fourth-order valence-corrected chi connectivity index (χ4v) is 4.25. The van der Waals surface area contributed by atoms with E-state index < -0.39 is 0 Å². The van der Waals surface area contributed by atoms with Gasteiger partial charge in [0.15, 0.2) is 0 Å². The maximum atomic E-state index is 13.2. The molecule has 2 fully saturated rings. The van der Waals surface area contributed by atoms with Crippen molar-refractivity contribution in [2.75, 3.05) is 19.6 Å². The van der Waals surface area contributed by atoms with Crippen molar-refractivity contribution in [1.82, 2.24) is 14.8 Å². The van der Waals surface area contributed by atoms with Crippen molar-refractivity contribution >= 4 is 5.91 Å². The number of carbonyl (C=O) groups is 1. The number of rotatable bonds is 2. The molecule has 1 amide bonds. The zero-order valence-corrected chi connectivity index (χ0v) is 14.6. The van der Waals surface area contributed by atoms with Crippen molar-refractivity contribution in [3.05, 3.63) is 69.6 Å². The Morgan fingerprint density at radius 2 is 1.88 bits per heavy atom. The number of aryl methyl sites for hydroxylation is 1. The van der Waals surface area contributed by atoms with Crippen LogP contribution in [-0.2, 0) is 7.05 Å². The van der Waals surface area contributed by atoms with E-state index in [4.69, 9.17) is 0 Å². The molecule has 0 bridgehead atoms. The lowest BCUT2D eigenvalue weighted by molar-refractivity contribution is 0.0711. The third-order valence-corrected chi connectivity index (χ3v) is 5.75. The molecule has 1 aromatic carbocycles. The first-order valence-electron chi connectivity index (χ1n) is 8.81. The zero-order chi connectivity index (χ0) is 17.6. The Hall–Kier alpha value is -2.40. The molecular formula is C20H23N3O2. The Bertz CT molecular complexity index is 859. The van der Waals surface area contributed by atoms with E-state index in [1.807, 2.05) is 36.1 Å². The van der Waals surface area contributed by atoms with Crippen LogP contribution in [0.3, 0.4) is 0 Å². The van der Waals surface area contributed by atoms with Crippen molar-refractivity contribution in [3.8, 4) is 0 Å². The van der Waals surface area contributed by atoms with Gasteiger partial charge in [-0.05, 0) is 30.5 Å². The highest BCUT2D eigenvalue weighted by molar-refractivity contribution is 5.94. The fraction of sp³-hybridized carbons (Fsp3) is 0.400. The normalized spacial score (nSPS) is 25.2. The highest BCUT2D eigenvalue weighted by Gasteiger charge is 2.47. The minimum atomic E-state index is -0.216. The van der Waals surface area contributed by atoms with Gasteiger partial charge in [0.25, 0.3) is 11.5 Å². The first kappa shape index (κ1) is 16.1. The molecule has 130 valence electrons. The Morgan fingerprint density at radius 3 is 2.64 bits per heavy atom. The second-order valence-electron chi connectivity index (χ2n) is 7.15. The van der Waals surface area contributed by atoms with Gasteiger partial charge in [-0.25, -0.2) is 0 Å². The van der Waals surface area contributed by atoms with Crippen LogP contribution < -0.4 is 10.9 Å². The summed E-state index contributed by atoms with van der Waals surface area (Å²) in [5, 5.41) is 3.45. The van der Waals surface area contributed by atoms with Gasteiger partial charge in [-0.3, -0.25) is 9.59 Å². The number of hydrogen-bond donors (Lipinski definition) is 1. The number of likely N-dealkylation sites (tertiary alicyclic amines) is 1. The summed E-state index contributed by atoms with van der Waals surface area (Å²) in [4.78, 5) is 27.7. The number of amides is 1. The predicted molar refractivity (Wildman–Crippen MR) is 96.5 cm³/mol. The van der Waals surface area contributed by atoms with Crippen LogP contribution in [0.15, 0.2) is 47.3 Å². The zero-order valence-electron chi connectivity index (χ0n) is 14.6. The van der Waals surface area contributed by atoms with Gasteiger partial charge < -0.3 is 14.8 Å². The lowest BCUT2D eigenvalue weighted by Gasteiger charge is -2.28. The molecule has 2 saturated heterocycles. The molecule has 4 rings (SSSR count). The molecule has 0 radical (unpaired) electrons. The highest BCUT2D eigenvalue weighted by atomic mass is 16.2. The van der Waals surface area contributed by atoms with Gasteiger partial charge in [0.1, 0.15) is 5.56 Å². The molecule has 2 aliphatic heterocycles. The van der Waals surface area contributed by atoms with E-state index in [0.717, 1.165) is 24.3 Å². The molecule has 2 aromatic rings. The monoisotopic (exact) mass is 337 g/mol. The minimum absolute atomic E-state index is 0.0275. The van der Waals surface area contributed by atoms with Crippen LogP contribution in [0.25, 0.3) is 0 Å². The van der Waals surface area contributed by atoms with Gasteiger partial charge in [-0.1, -0.05) is 30.3 Å². The molecule has 2 aliphatic rings. The first-order chi connectivity index (χ1) is 12.1.